The molecule has 1 aliphatic rings. The molecule has 0 aliphatic heterocycles. The third-order valence-corrected chi connectivity index (χ3v) is 4.88. The van der Waals surface area contributed by atoms with E-state index in [1.807, 2.05) is 17.8 Å². The summed E-state index contributed by atoms with van der Waals surface area (Å²) in [7, 11) is 0. The van der Waals surface area contributed by atoms with Crippen LogP contribution in [0.3, 0.4) is 0 Å². The van der Waals surface area contributed by atoms with Gasteiger partial charge in [-0.15, -0.1) is 0 Å². The van der Waals surface area contributed by atoms with Gasteiger partial charge in [0.25, 0.3) is 0 Å². The molecule has 0 amide bonds. The summed E-state index contributed by atoms with van der Waals surface area (Å²) in [6.07, 6.45) is 4.69. The van der Waals surface area contributed by atoms with Gasteiger partial charge in [0.15, 0.2) is 0 Å². The van der Waals surface area contributed by atoms with Crippen molar-refractivity contribution in [1.82, 2.24) is 5.32 Å². The molecule has 1 N–H and O–H groups in total. The second-order valence-electron chi connectivity index (χ2n) is 4.20. The molecule has 1 aromatic rings. The van der Waals surface area contributed by atoms with Crippen molar-refractivity contribution in [2.45, 2.75) is 24.1 Å². The van der Waals surface area contributed by atoms with Crippen molar-refractivity contribution in [3.63, 3.8) is 0 Å². The van der Waals surface area contributed by atoms with E-state index in [0.29, 0.717) is 11.3 Å². The molecule has 0 spiro atoms. The largest absolute Gasteiger partial charge is 0.311 e. The highest BCUT2D eigenvalue weighted by Gasteiger charge is 2.41. The summed E-state index contributed by atoms with van der Waals surface area (Å²) < 4.78 is 13.6. The minimum atomic E-state index is -0.341. The van der Waals surface area contributed by atoms with Gasteiger partial charge < -0.3 is 5.32 Å². The molecular weight excluding hydrogens is 245 g/mol. The van der Waals surface area contributed by atoms with E-state index in [4.69, 9.17) is 11.6 Å². The van der Waals surface area contributed by atoms with Gasteiger partial charge in [-0.3, -0.25) is 0 Å². The molecule has 1 aromatic carbocycles. The van der Waals surface area contributed by atoms with Gasteiger partial charge in [0, 0.05) is 17.8 Å². The minimum Gasteiger partial charge on any atom is -0.311 e. The van der Waals surface area contributed by atoms with Crippen LogP contribution in [-0.2, 0) is 6.54 Å². The first-order chi connectivity index (χ1) is 7.67. The van der Waals surface area contributed by atoms with Gasteiger partial charge in [-0.1, -0.05) is 23.7 Å². The lowest BCUT2D eigenvalue weighted by Gasteiger charge is -2.13. The first-order valence-corrected chi connectivity index (χ1v) is 6.96. The summed E-state index contributed by atoms with van der Waals surface area (Å²) in [4.78, 5) is 0. The Bertz CT molecular complexity index is 379. The molecule has 2 rings (SSSR count). The standard InChI is InChI=1S/C12H15ClFNS/c1-16-12(5-6-12)8-15-7-9-3-2-4-10(14)11(9)13/h2-4,15H,5-8H2,1H3. The summed E-state index contributed by atoms with van der Waals surface area (Å²) in [6.45, 7) is 1.61. The number of halogens is 2. The van der Waals surface area contributed by atoms with E-state index in [2.05, 4.69) is 11.6 Å². The highest BCUT2D eigenvalue weighted by molar-refractivity contribution is 8.00. The molecule has 1 aliphatic carbocycles. The van der Waals surface area contributed by atoms with E-state index in [9.17, 15) is 4.39 Å². The zero-order valence-electron chi connectivity index (χ0n) is 9.22. The fourth-order valence-electron chi connectivity index (χ4n) is 1.70. The van der Waals surface area contributed by atoms with E-state index >= 15 is 0 Å². The maximum absolute atomic E-state index is 13.2. The average molecular weight is 260 g/mol. The van der Waals surface area contributed by atoms with Crippen molar-refractivity contribution in [2.24, 2.45) is 0 Å². The number of benzene rings is 1. The summed E-state index contributed by atoms with van der Waals surface area (Å²) in [5.74, 6) is -0.341. The van der Waals surface area contributed by atoms with Crippen LogP contribution in [-0.4, -0.2) is 17.5 Å². The van der Waals surface area contributed by atoms with Crippen LogP contribution < -0.4 is 5.32 Å². The van der Waals surface area contributed by atoms with Crippen LogP contribution in [0.5, 0.6) is 0 Å². The van der Waals surface area contributed by atoms with Gasteiger partial charge >= 0.3 is 0 Å². The summed E-state index contributed by atoms with van der Waals surface area (Å²) in [5.41, 5.74) is 0.832. The molecule has 4 heteroatoms. The highest BCUT2D eigenvalue weighted by Crippen LogP contribution is 2.46. The van der Waals surface area contributed by atoms with Crippen molar-refractivity contribution < 1.29 is 4.39 Å². The summed E-state index contributed by atoms with van der Waals surface area (Å²) in [5, 5.41) is 3.59. The predicted octanol–water partition coefficient (Wildman–Crippen LogP) is 3.46. The van der Waals surface area contributed by atoms with Gasteiger partial charge in [0.05, 0.1) is 5.02 Å². The van der Waals surface area contributed by atoms with Crippen LogP contribution in [0.15, 0.2) is 18.2 Å². The smallest absolute Gasteiger partial charge is 0.142 e. The molecule has 1 fully saturated rings. The lowest BCUT2D eigenvalue weighted by atomic mass is 10.2. The molecular formula is C12H15ClFNS. The Labute approximate surface area is 105 Å². The van der Waals surface area contributed by atoms with E-state index in [-0.39, 0.29) is 10.8 Å². The molecule has 1 nitrogen and oxygen atoms in total. The van der Waals surface area contributed by atoms with Crippen LogP contribution in [0.2, 0.25) is 5.02 Å². The zero-order chi connectivity index (χ0) is 11.6. The molecule has 88 valence electrons. The topological polar surface area (TPSA) is 12.0 Å². The molecule has 0 unspecified atom stereocenters. The van der Waals surface area contributed by atoms with Crippen LogP contribution in [0, 0.1) is 5.82 Å². The van der Waals surface area contributed by atoms with Gasteiger partial charge in [-0.2, -0.15) is 11.8 Å². The van der Waals surface area contributed by atoms with Crippen molar-refractivity contribution in [3.8, 4) is 0 Å². The average Bonchev–Trinajstić information content (AvgIpc) is 3.05. The van der Waals surface area contributed by atoms with Crippen molar-refractivity contribution in [1.29, 1.82) is 0 Å². The molecule has 16 heavy (non-hydrogen) atoms. The second kappa shape index (κ2) is 4.94. The molecule has 0 radical (unpaired) electrons. The molecule has 0 aromatic heterocycles. The first kappa shape index (κ1) is 12.2. The normalized spacial score (nSPS) is 17.4. The Morgan fingerprint density at radius 2 is 2.25 bits per heavy atom. The first-order valence-electron chi connectivity index (χ1n) is 5.36. The highest BCUT2D eigenvalue weighted by atomic mass is 35.5. The monoisotopic (exact) mass is 259 g/mol. The van der Waals surface area contributed by atoms with Crippen molar-refractivity contribution in [2.75, 3.05) is 12.8 Å². The Kier molecular flexibility index (Phi) is 3.77. The number of nitrogens with one attached hydrogen (secondary N) is 1. The van der Waals surface area contributed by atoms with Crippen LogP contribution in [0.25, 0.3) is 0 Å². The van der Waals surface area contributed by atoms with E-state index in [0.717, 1.165) is 12.1 Å². The minimum absolute atomic E-state index is 0.240. The SMILES string of the molecule is CSC1(CNCc2cccc(F)c2Cl)CC1. The van der Waals surface area contributed by atoms with E-state index < -0.39 is 0 Å². The molecule has 0 atom stereocenters. The lowest BCUT2D eigenvalue weighted by molar-refractivity contribution is 0.618. The van der Waals surface area contributed by atoms with Crippen molar-refractivity contribution in [3.05, 3.63) is 34.6 Å². The summed E-state index contributed by atoms with van der Waals surface area (Å²) in [6, 6.07) is 4.94. The fourth-order valence-corrected chi connectivity index (χ4v) is 2.65. The van der Waals surface area contributed by atoms with Gasteiger partial charge in [-0.25, -0.2) is 4.39 Å². The lowest BCUT2D eigenvalue weighted by Crippen LogP contribution is -2.25. The Hall–Kier alpha value is -0.250. The van der Waals surface area contributed by atoms with Crippen LogP contribution in [0.1, 0.15) is 18.4 Å². The molecule has 0 heterocycles. The Morgan fingerprint density at radius 1 is 1.50 bits per heavy atom. The maximum atomic E-state index is 13.2. The Morgan fingerprint density at radius 3 is 2.88 bits per heavy atom. The van der Waals surface area contributed by atoms with Crippen LogP contribution in [0.4, 0.5) is 4.39 Å². The molecule has 1 saturated carbocycles. The van der Waals surface area contributed by atoms with E-state index in [1.165, 1.54) is 18.9 Å². The Balaban J connectivity index is 1.88. The van der Waals surface area contributed by atoms with Crippen molar-refractivity contribution >= 4 is 23.4 Å². The number of hydrogen-bond donors (Lipinski definition) is 1. The third kappa shape index (κ3) is 2.70. The summed E-state index contributed by atoms with van der Waals surface area (Å²) >= 11 is 7.78. The molecule has 0 bridgehead atoms. The number of rotatable bonds is 5. The third-order valence-electron chi connectivity index (χ3n) is 3.03. The van der Waals surface area contributed by atoms with Crippen LogP contribution >= 0.6 is 23.4 Å². The molecule has 0 saturated heterocycles. The van der Waals surface area contributed by atoms with E-state index in [1.54, 1.807) is 6.07 Å². The van der Waals surface area contributed by atoms with Gasteiger partial charge in [0.2, 0.25) is 0 Å². The predicted molar refractivity (Wildman–Crippen MR) is 68.6 cm³/mol. The van der Waals surface area contributed by atoms with Gasteiger partial charge in [0.1, 0.15) is 5.82 Å². The zero-order valence-corrected chi connectivity index (χ0v) is 10.8. The second-order valence-corrected chi connectivity index (χ2v) is 5.86. The maximum Gasteiger partial charge on any atom is 0.142 e. The van der Waals surface area contributed by atoms with Gasteiger partial charge in [-0.05, 0) is 30.7 Å². The number of thioether (sulfide) groups is 1. The fraction of sp³-hybridized carbons (Fsp3) is 0.500. The quantitative estimate of drug-likeness (QED) is 0.869. The number of hydrogen-bond acceptors (Lipinski definition) is 2.